The van der Waals surface area contributed by atoms with E-state index in [0.717, 1.165) is 7.35 Å². The van der Waals surface area contributed by atoms with Gasteiger partial charge in [0.15, 0.2) is 0 Å². The number of fused-ring (bicyclic) bond motifs is 2. The van der Waals surface area contributed by atoms with E-state index in [9.17, 15) is 0 Å². The molecule has 0 fully saturated rings. The quantitative estimate of drug-likeness (QED) is 0.439. The Hall–Kier alpha value is -0.0870. The van der Waals surface area contributed by atoms with Gasteiger partial charge < -0.3 is 24.8 Å². The third kappa shape index (κ3) is 4.20. The molecule has 0 N–H and O–H groups in total. The SMILES string of the molecule is CCC1=Cc2ccccc2[CH]1[Hf+2]([CH]1C(CC)=Cc2ccccc21)=[Ge]([CH3])[CH3].[Cl-].[Cl-]. The summed E-state index contributed by atoms with van der Waals surface area (Å²) in [4.78, 5) is 0. The number of benzene rings is 2. The van der Waals surface area contributed by atoms with Crippen LogP contribution in [0, 0.1) is 0 Å². The van der Waals surface area contributed by atoms with Gasteiger partial charge in [-0.3, -0.25) is 0 Å². The summed E-state index contributed by atoms with van der Waals surface area (Å²) in [5.74, 6) is 5.37. The zero-order valence-electron chi connectivity index (χ0n) is 17.1. The maximum Gasteiger partial charge on any atom is -1.00 e. The van der Waals surface area contributed by atoms with Crippen LogP contribution >= 0.6 is 0 Å². The number of rotatable bonds is 4. The van der Waals surface area contributed by atoms with E-state index in [1.165, 1.54) is 24.0 Å². The smallest absolute Gasteiger partial charge is 1.00 e. The van der Waals surface area contributed by atoms with E-state index in [4.69, 9.17) is 0 Å². The molecule has 0 nitrogen and oxygen atoms in total. The van der Waals surface area contributed by atoms with E-state index >= 15 is 0 Å². The first-order valence-corrected chi connectivity index (χ1v) is 28.6. The van der Waals surface area contributed by atoms with Crippen LogP contribution in [0.15, 0.2) is 59.7 Å². The Morgan fingerprint density at radius 2 is 1.11 bits per heavy atom. The Labute approximate surface area is 191 Å². The molecule has 0 saturated heterocycles. The number of halogens is 2. The number of allylic oxidation sites excluding steroid dienone is 2. The van der Waals surface area contributed by atoms with Crippen molar-refractivity contribution >= 4 is 22.2 Å². The summed E-state index contributed by atoms with van der Waals surface area (Å²) >= 11 is -1.96. The molecule has 2 aromatic carbocycles. The van der Waals surface area contributed by atoms with Crippen LogP contribution in [0.25, 0.3) is 12.2 Å². The summed E-state index contributed by atoms with van der Waals surface area (Å²) in [6.07, 6.45) is 7.53. The normalized spacial score (nSPS) is 18.5. The fourth-order valence-corrected chi connectivity index (χ4v) is 51.0. The molecular formula is C24H28Cl2GeHf. The average molecular weight is 638 g/mol. The Morgan fingerprint density at radius 1 is 0.714 bits per heavy atom. The largest absolute Gasteiger partial charge is 1.00 e. The average Bonchev–Trinajstić information content (AvgIpc) is 3.21. The predicted molar refractivity (Wildman–Crippen MR) is 112 cm³/mol. The van der Waals surface area contributed by atoms with Crippen molar-refractivity contribution < 1.29 is 43.2 Å². The van der Waals surface area contributed by atoms with Crippen LogP contribution in [0.1, 0.15) is 56.3 Å². The van der Waals surface area contributed by atoms with Crippen LogP contribution in [0.2, 0.25) is 11.5 Å². The first-order valence-electron chi connectivity index (χ1n) is 9.91. The fourth-order valence-electron chi connectivity index (χ4n) is 4.87. The van der Waals surface area contributed by atoms with Crippen molar-refractivity contribution in [2.45, 2.75) is 45.6 Å². The van der Waals surface area contributed by atoms with Gasteiger partial charge in [-0.1, -0.05) is 0 Å². The minimum absolute atomic E-state index is 0. The zero-order valence-corrected chi connectivity index (χ0v) is 24.3. The molecule has 2 aromatic rings. The van der Waals surface area contributed by atoms with E-state index in [2.05, 4.69) is 86.0 Å². The van der Waals surface area contributed by atoms with Crippen molar-refractivity contribution in [3.63, 3.8) is 0 Å². The van der Waals surface area contributed by atoms with Crippen molar-refractivity contribution in [2.24, 2.45) is 0 Å². The minimum atomic E-state index is -1.96. The van der Waals surface area contributed by atoms with E-state index in [0.29, 0.717) is 0 Å². The molecule has 0 saturated carbocycles. The maximum atomic E-state index is 2.69. The molecule has 0 spiro atoms. The van der Waals surface area contributed by atoms with Crippen molar-refractivity contribution in [3.05, 3.63) is 81.9 Å². The van der Waals surface area contributed by atoms with Crippen LogP contribution in [-0.2, 0) is 18.3 Å². The second-order valence-corrected chi connectivity index (χ2v) is 47.9. The molecule has 4 heteroatoms. The predicted octanol–water partition coefficient (Wildman–Crippen LogP) is 0.960. The summed E-state index contributed by atoms with van der Waals surface area (Å²) in [5.41, 5.74) is 9.90. The van der Waals surface area contributed by atoms with Gasteiger partial charge >= 0.3 is 168 Å². The van der Waals surface area contributed by atoms with Gasteiger partial charge in [0, 0.05) is 0 Å². The van der Waals surface area contributed by atoms with Crippen LogP contribution in [-0.4, -0.2) is 10.1 Å². The monoisotopic (exact) mass is 640 g/mol. The molecule has 0 heterocycles. The summed E-state index contributed by atoms with van der Waals surface area (Å²) in [5, 5.41) is 0. The van der Waals surface area contributed by atoms with Crippen LogP contribution in [0.4, 0.5) is 0 Å². The Bertz CT molecular complexity index is 883. The Morgan fingerprint density at radius 3 is 1.46 bits per heavy atom. The van der Waals surface area contributed by atoms with Gasteiger partial charge in [0.1, 0.15) is 0 Å². The number of hydrogen-bond donors (Lipinski definition) is 0. The van der Waals surface area contributed by atoms with Crippen LogP contribution in [0.3, 0.4) is 0 Å². The van der Waals surface area contributed by atoms with Crippen molar-refractivity contribution in [3.8, 4) is 0 Å². The molecule has 146 valence electrons. The third-order valence-corrected chi connectivity index (χ3v) is 49.3. The van der Waals surface area contributed by atoms with Gasteiger partial charge in [0.05, 0.1) is 0 Å². The van der Waals surface area contributed by atoms with Crippen molar-refractivity contribution in [1.82, 2.24) is 0 Å². The Kier molecular flexibility index (Phi) is 8.89. The summed E-state index contributed by atoms with van der Waals surface area (Å²) in [6.45, 7) is 4.75. The second kappa shape index (κ2) is 10.3. The van der Waals surface area contributed by atoms with Gasteiger partial charge in [-0.2, -0.15) is 0 Å². The first kappa shape index (κ1) is 24.2. The summed E-state index contributed by atoms with van der Waals surface area (Å²) < 4.78 is 1.66. The molecular weight excluding hydrogens is 610 g/mol. The van der Waals surface area contributed by atoms with Crippen LogP contribution in [0.5, 0.6) is 0 Å². The molecule has 2 unspecified atom stereocenters. The molecule has 4 rings (SSSR count). The topological polar surface area (TPSA) is 0 Å². The van der Waals surface area contributed by atoms with Gasteiger partial charge in [-0.05, 0) is 0 Å². The second-order valence-electron chi connectivity index (χ2n) is 7.72. The van der Waals surface area contributed by atoms with Gasteiger partial charge in [0.25, 0.3) is 0 Å². The van der Waals surface area contributed by atoms with Gasteiger partial charge in [0.2, 0.25) is 0 Å². The molecule has 28 heavy (non-hydrogen) atoms. The number of hydrogen-bond acceptors (Lipinski definition) is 0. The van der Waals surface area contributed by atoms with Crippen molar-refractivity contribution in [2.75, 3.05) is 0 Å². The standard InChI is InChI=1S/2C11H11.C2H6Ge.2ClH.Hf/c2*1-2-9-7-10-5-3-4-6-11(10)8-9;1-3-2;;;/h2*3-8H,2H2,1H3;1-2H3;2*1H;/q;;;;;+2/p-2. The van der Waals surface area contributed by atoms with Gasteiger partial charge in [-0.15, -0.1) is 0 Å². The third-order valence-electron chi connectivity index (χ3n) is 6.05. The molecule has 0 radical (unpaired) electrons. The van der Waals surface area contributed by atoms with Crippen molar-refractivity contribution in [1.29, 1.82) is 0 Å². The molecule has 0 bridgehead atoms. The molecule has 2 aliphatic carbocycles. The minimum Gasteiger partial charge on any atom is -1.00 e. The first-order chi connectivity index (χ1) is 12.7. The van der Waals surface area contributed by atoms with Gasteiger partial charge in [-0.25, -0.2) is 0 Å². The van der Waals surface area contributed by atoms with E-state index < -0.39 is 28.4 Å². The molecule has 0 aliphatic heterocycles. The van der Waals surface area contributed by atoms with Crippen LogP contribution < -0.4 is 24.8 Å². The fraction of sp³-hybridized carbons (Fsp3) is 0.333. The molecule has 0 amide bonds. The summed E-state index contributed by atoms with van der Waals surface area (Å²) in [6, 6.07) is 18.6. The molecule has 2 aliphatic rings. The summed E-state index contributed by atoms with van der Waals surface area (Å²) in [7, 11) is -0.988. The van der Waals surface area contributed by atoms with E-state index in [1.54, 1.807) is 22.3 Å². The molecule has 2 atom stereocenters. The Balaban J connectivity index is 0.00000140. The maximum absolute atomic E-state index is 2.69. The van der Waals surface area contributed by atoms with E-state index in [1.807, 2.05) is 0 Å². The zero-order chi connectivity index (χ0) is 18.3. The molecule has 0 aromatic heterocycles. The van der Waals surface area contributed by atoms with E-state index in [-0.39, 0.29) is 24.8 Å².